The summed E-state index contributed by atoms with van der Waals surface area (Å²) < 4.78 is 68.6. The second-order valence-electron chi connectivity index (χ2n) is 26.6. The third-order valence-electron chi connectivity index (χ3n) is 16.8. The molecule has 0 saturated heterocycles. The number of carbonyl (C=O) groups excluding carboxylic acids is 4. The Morgan fingerprint density at radius 2 is 0.510 bits per heavy atom. The highest BCUT2D eigenvalue weighted by Crippen LogP contribution is 2.45. The predicted molar refractivity (Wildman–Crippen MR) is 418 cm³/mol. The van der Waals surface area contributed by atoms with Crippen molar-refractivity contribution in [3.8, 4) is 0 Å². The molecule has 17 nitrogen and oxygen atoms in total. The van der Waals surface area contributed by atoms with Gasteiger partial charge in [-0.3, -0.25) is 37.3 Å². The maximum absolute atomic E-state index is 13.1. The number of hydrogen-bond acceptors (Lipinski definition) is 15. The van der Waals surface area contributed by atoms with Crippen LogP contribution in [-0.4, -0.2) is 96.7 Å². The number of rotatable bonds is 75. The number of allylic oxidation sites excluding steroid dienone is 18. The Morgan fingerprint density at radius 3 is 0.804 bits per heavy atom. The van der Waals surface area contributed by atoms with Gasteiger partial charge in [-0.1, -0.05) is 310 Å². The lowest BCUT2D eigenvalue weighted by molar-refractivity contribution is -0.161. The summed E-state index contributed by atoms with van der Waals surface area (Å²) in [5.41, 5.74) is 0. The summed E-state index contributed by atoms with van der Waals surface area (Å²) in [4.78, 5) is 73.0. The highest BCUT2D eigenvalue weighted by Gasteiger charge is 2.30. The van der Waals surface area contributed by atoms with Gasteiger partial charge in [-0.2, -0.15) is 0 Å². The number of aliphatic hydroxyl groups is 1. The van der Waals surface area contributed by atoms with E-state index in [9.17, 15) is 43.2 Å². The molecule has 0 aromatic carbocycles. The van der Waals surface area contributed by atoms with Crippen LogP contribution in [0.2, 0.25) is 0 Å². The van der Waals surface area contributed by atoms with Gasteiger partial charge in [0.05, 0.1) is 26.4 Å². The van der Waals surface area contributed by atoms with Gasteiger partial charge < -0.3 is 33.8 Å². The molecule has 0 amide bonds. The molecule has 5 unspecified atom stereocenters. The van der Waals surface area contributed by atoms with E-state index in [-0.39, 0.29) is 25.7 Å². The Bertz CT molecular complexity index is 2360. The fourth-order valence-electron chi connectivity index (χ4n) is 10.7. The molecule has 0 rings (SSSR count). The van der Waals surface area contributed by atoms with Crippen LogP contribution in [0.5, 0.6) is 0 Å². The predicted octanol–water partition coefficient (Wildman–Crippen LogP) is 23.3. The van der Waals surface area contributed by atoms with Crippen LogP contribution in [0.25, 0.3) is 0 Å². The molecule has 102 heavy (non-hydrogen) atoms. The average Bonchev–Trinajstić information content (AvgIpc) is 0.924. The van der Waals surface area contributed by atoms with Crippen molar-refractivity contribution in [2.24, 2.45) is 0 Å². The van der Waals surface area contributed by atoms with Crippen molar-refractivity contribution < 1.29 is 80.2 Å². The van der Waals surface area contributed by atoms with Crippen LogP contribution in [-0.2, 0) is 65.4 Å². The first kappa shape index (κ1) is 97.7. The van der Waals surface area contributed by atoms with Gasteiger partial charge in [-0.25, -0.2) is 9.13 Å². The van der Waals surface area contributed by atoms with Gasteiger partial charge in [0.2, 0.25) is 0 Å². The van der Waals surface area contributed by atoms with Gasteiger partial charge in [-0.15, -0.1) is 0 Å². The number of phosphoric ester groups is 2. The molecular weight excluding hydrogens is 1330 g/mol. The fourth-order valence-corrected chi connectivity index (χ4v) is 12.3. The van der Waals surface area contributed by atoms with Crippen LogP contribution < -0.4 is 0 Å². The number of carbonyl (C=O) groups is 4. The Labute approximate surface area is 619 Å². The Morgan fingerprint density at radius 1 is 0.284 bits per heavy atom. The van der Waals surface area contributed by atoms with Gasteiger partial charge in [-0.05, 0) is 109 Å². The summed E-state index contributed by atoms with van der Waals surface area (Å²) in [6.07, 6.45) is 80.7. The molecule has 0 radical (unpaired) electrons. The Balaban J connectivity index is 5.39. The molecule has 3 N–H and O–H groups in total. The van der Waals surface area contributed by atoms with Gasteiger partial charge in [0.25, 0.3) is 0 Å². The summed E-state index contributed by atoms with van der Waals surface area (Å²) >= 11 is 0. The maximum atomic E-state index is 13.1. The van der Waals surface area contributed by atoms with Crippen LogP contribution in [0.15, 0.2) is 109 Å². The van der Waals surface area contributed by atoms with E-state index in [2.05, 4.69) is 137 Å². The van der Waals surface area contributed by atoms with Crippen molar-refractivity contribution in [1.29, 1.82) is 0 Å². The van der Waals surface area contributed by atoms with Gasteiger partial charge >= 0.3 is 39.5 Å². The Kier molecular flexibility index (Phi) is 71.8. The van der Waals surface area contributed by atoms with Crippen molar-refractivity contribution in [2.75, 3.05) is 39.6 Å². The maximum Gasteiger partial charge on any atom is 0.472 e. The van der Waals surface area contributed by atoms with Gasteiger partial charge in [0, 0.05) is 25.7 Å². The molecule has 0 aromatic rings. The lowest BCUT2D eigenvalue weighted by Gasteiger charge is -2.21. The summed E-state index contributed by atoms with van der Waals surface area (Å²) in [6.45, 7) is 4.61. The van der Waals surface area contributed by atoms with Crippen molar-refractivity contribution in [1.82, 2.24) is 0 Å². The van der Waals surface area contributed by atoms with Crippen molar-refractivity contribution in [3.63, 3.8) is 0 Å². The van der Waals surface area contributed by atoms with E-state index in [1.54, 1.807) is 0 Å². The van der Waals surface area contributed by atoms with Crippen molar-refractivity contribution >= 4 is 39.5 Å². The fraction of sp³-hybridized carbons (Fsp3) is 0.735. The van der Waals surface area contributed by atoms with Crippen LogP contribution in [0.3, 0.4) is 0 Å². The first-order valence-electron chi connectivity index (χ1n) is 40.1. The molecule has 0 aromatic heterocycles. The summed E-state index contributed by atoms with van der Waals surface area (Å²) in [5, 5.41) is 10.6. The monoisotopic (exact) mass is 1470 g/mol. The van der Waals surface area contributed by atoms with Crippen LogP contribution >= 0.6 is 15.6 Å². The third kappa shape index (κ3) is 74.0. The van der Waals surface area contributed by atoms with E-state index in [0.29, 0.717) is 25.7 Å². The summed E-state index contributed by atoms with van der Waals surface area (Å²) in [5.74, 6) is -2.24. The molecular formula is C83H144O17P2. The quantitative estimate of drug-likeness (QED) is 0.0169. The molecule has 0 spiro atoms. The number of phosphoric acid groups is 2. The molecule has 0 aliphatic carbocycles. The molecule has 5 atom stereocenters. The van der Waals surface area contributed by atoms with E-state index in [1.165, 1.54) is 116 Å². The number of esters is 4. The minimum Gasteiger partial charge on any atom is -0.462 e. The molecule has 0 saturated carbocycles. The van der Waals surface area contributed by atoms with Crippen LogP contribution in [0.4, 0.5) is 0 Å². The number of ether oxygens (including phenoxy) is 4. The highest BCUT2D eigenvalue weighted by atomic mass is 31.2. The van der Waals surface area contributed by atoms with E-state index in [4.69, 9.17) is 37.0 Å². The molecule has 0 heterocycles. The molecule has 19 heteroatoms. The normalized spacial score (nSPS) is 14.5. The van der Waals surface area contributed by atoms with Crippen LogP contribution in [0, 0.1) is 0 Å². The second kappa shape index (κ2) is 75.0. The lowest BCUT2D eigenvalue weighted by atomic mass is 10.0. The van der Waals surface area contributed by atoms with Crippen LogP contribution in [0.1, 0.15) is 336 Å². The zero-order valence-electron chi connectivity index (χ0n) is 64.3. The van der Waals surface area contributed by atoms with E-state index < -0.39 is 97.5 Å². The number of unbranched alkanes of at least 4 members (excludes halogenated alkanes) is 31. The number of hydrogen-bond donors (Lipinski definition) is 3. The molecule has 0 aliphatic heterocycles. The topological polar surface area (TPSA) is 237 Å². The standard InChI is InChI=1S/C83H144O17P2/c1-5-9-13-17-21-25-29-33-36-37-38-39-42-45-48-52-56-60-64-68-81(86)94-74-79(100-83(88)70-66-62-58-54-50-46-41-35-31-27-23-19-15-11-7-3)76-98-102(91,92)96-72-77(84)71-95-101(89,90)97-75-78(99-82(87)69-65-61-57-53-49-43-32-28-24-20-16-12-8-4)73-93-80(85)67-63-59-55-51-47-44-40-34-30-26-22-18-14-10-6-2/h9-10,13-14,21-22,25-26,33-34,36,38-40,45,47-48,51,77-79,84H,5-8,11-12,15-20,23-24,27-32,35,37,41-44,46,49-50,52-76H2,1-4H3,(H,89,90)(H,91,92)/b13-9-,14-10-,25-21-,26-22-,36-33-,39-38-,40-34-,48-45-,51-47-. The molecule has 0 bridgehead atoms. The highest BCUT2D eigenvalue weighted by molar-refractivity contribution is 7.47. The first-order chi connectivity index (χ1) is 49.7. The van der Waals surface area contributed by atoms with Crippen molar-refractivity contribution in [2.45, 2.75) is 354 Å². The van der Waals surface area contributed by atoms with Gasteiger partial charge in [0.15, 0.2) is 12.2 Å². The zero-order valence-corrected chi connectivity index (χ0v) is 66.0. The van der Waals surface area contributed by atoms with Gasteiger partial charge in [0.1, 0.15) is 19.3 Å². The smallest absolute Gasteiger partial charge is 0.462 e. The minimum absolute atomic E-state index is 0.0879. The Hall–Kier alpha value is -4.28. The number of aliphatic hydroxyl groups excluding tert-OH is 1. The average molecular weight is 1480 g/mol. The van der Waals surface area contributed by atoms with E-state index in [0.717, 1.165) is 141 Å². The molecule has 0 fully saturated rings. The second-order valence-corrected chi connectivity index (χ2v) is 29.5. The molecule has 0 aliphatic rings. The van der Waals surface area contributed by atoms with E-state index in [1.807, 2.05) is 0 Å². The SMILES string of the molecule is CC/C=C\C/C=C\C/C=C\C/C=C\C/C=C\CCCCCC(=O)OCC(COP(=O)(O)OCC(O)COP(=O)(O)OCC(COC(=O)CCCC/C=C\C/C=C\C/C=C\C/C=C\CC)OC(=O)CCCCCCCCCCCCCCC)OC(=O)CCCCCCCCCCCCCCCCC. The summed E-state index contributed by atoms with van der Waals surface area (Å²) in [6, 6.07) is 0. The van der Waals surface area contributed by atoms with Crippen molar-refractivity contribution in [3.05, 3.63) is 109 Å². The van der Waals surface area contributed by atoms with E-state index >= 15 is 0 Å². The lowest BCUT2D eigenvalue weighted by Crippen LogP contribution is -2.30. The first-order valence-corrected chi connectivity index (χ1v) is 43.1. The minimum atomic E-state index is -4.98. The largest absolute Gasteiger partial charge is 0.472 e. The summed E-state index contributed by atoms with van der Waals surface area (Å²) in [7, 11) is -9.97. The third-order valence-corrected chi connectivity index (χ3v) is 18.7. The molecule has 588 valence electrons. The zero-order chi connectivity index (χ0) is 74.6.